The number of thiol groups is 1. The van der Waals surface area contributed by atoms with E-state index in [9.17, 15) is 8.76 Å². The van der Waals surface area contributed by atoms with Crippen LogP contribution in [0, 0.1) is 0 Å². The van der Waals surface area contributed by atoms with Crippen LogP contribution in [0.15, 0.2) is 0 Å². The van der Waals surface area contributed by atoms with Crippen LogP contribution in [0.5, 0.6) is 0 Å². The third-order valence-corrected chi connectivity index (χ3v) is 1.94. The second-order valence-corrected chi connectivity index (χ2v) is 3.30. The molecular weight excluding hydrogens is 203 g/mol. The van der Waals surface area contributed by atoms with Crippen LogP contribution in [-0.2, 0) is 15.5 Å². The summed E-state index contributed by atoms with van der Waals surface area (Å²) in [6, 6.07) is 0. The van der Waals surface area contributed by atoms with Crippen molar-refractivity contribution < 1.29 is 42.5 Å². The van der Waals surface area contributed by atoms with Crippen LogP contribution in [0.25, 0.3) is 0 Å². The largest absolute Gasteiger partial charge is 1.00 e. The van der Waals surface area contributed by atoms with Crippen molar-refractivity contribution in [1.82, 2.24) is 0 Å². The average molecular weight is 210 g/mol. The van der Waals surface area contributed by atoms with Gasteiger partial charge in [0.05, 0.1) is 18.0 Å². The van der Waals surface area contributed by atoms with Crippen molar-refractivity contribution in [3.8, 4) is 0 Å². The normalized spacial score (nSPS) is 12.2. The van der Waals surface area contributed by atoms with E-state index in [1.165, 1.54) is 10.8 Å². The molecule has 56 valence electrons. The van der Waals surface area contributed by atoms with Gasteiger partial charge in [0.15, 0.2) is 0 Å². The van der Waals surface area contributed by atoms with Gasteiger partial charge in [0, 0.05) is 5.75 Å². The van der Waals surface area contributed by atoms with E-state index in [0.29, 0.717) is 6.42 Å². The summed E-state index contributed by atoms with van der Waals surface area (Å²) in [4.78, 5) is 0. The van der Waals surface area contributed by atoms with Crippen molar-refractivity contribution >= 4 is 33.8 Å². The molecule has 0 saturated carbocycles. The van der Waals surface area contributed by atoms with E-state index in [2.05, 4.69) is 15.8 Å². The second-order valence-electron chi connectivity index (χ2n) is 1.21. The molecule has 0 amide bonds. The van der Waals surface area contributed by atoms with Crippen LogP contribution >= 0.6 is 22.5 Å². The molecule has 0 aromatic heterocycles. The van der Waals surface area contributed by atoms with E-state index >= 15 is 0 Å². The molecule has 0 heterocycles. The SMILES string of the molecule is O=S([O-])OCCCSS.[Na+]. The zero-order valence-corrected chi connectivity index (χ0v) is 10.1. The van der Waals surface area contributed by atoms with Crippen molar-refractivity contribution in [3.05, 3.63) is 0 Å². The fourth-order valence-electron chi connectivity index (χ4n) is 0.250. The number of hydrogen-bond donors (Lipinski definition) is 1. The van der Waals surface area contributed by atoms with Crippen LogP contribution in [0.3, 0.4) is 0 Å². The second kappa shape index (κ2) is 10.8. The van der Waals surface area contributed by atoms with E-state index in [-0.39, 0.29) is 36.2 Å². The van der Waals surface area contributed by atoms with Crippen LogP contribution in [0.2, 0.25) is 0 Å². The van der Waals surface area contributed by atoms with Crippen LogP contribution in [0.1, 0.15) is 6.42 Å². The maximum Gasteiger partial charge on any atom is 1.00 e. The van der Waals surface area contributed by atoms with Crippen LogP contribution in [-0.4, -0.2) is 21.1 Å². The first kappa shape index (κ1) is 14.3. The van der Waals surface area contributed by atoms with Crippen LogP contribution < -0.4 is 29.6 Å². The molecule has 0 rings (SSSR count). The molecule has 0 radical (unpaired) electrons. The molecule has 0 aliphatic carbocycles. The third kappa shape index (κ3) is 12.4. The minimum atomic E-state index is -2.35. The van der Waals surface area contributed by atoms with Gasteiger partial charge >= 0.3 is 29.6 Å². The maximum absolute atomic E-state index is 9.71. The van der Waals surface area contributed by atoms with Gasteiger partial charge < -0.3 is 8.74 Å². The molecule has 0 aromatic carbocycles. The predicted octanol–water partition coefficient (Wildman–Crippen LogP) is -2.23. The van der Waals surface area contributed by atoms with Crippen molar-refractivity contribution in [3.63, 3.8) is 0 Å². The molecule has 0 spiro atoms. The first-order chi connectivity index (χ1) is 4.27. The van der Waals surface area contributed by atoms with E-state index in [1.807, 2.05) is 0 Å². The first-order valence-corrected chi connectivity index (χ1v) is 5.30. The summed E-state index contributed by atoms with van der Waals surface area (Å²) in [7, 11) is 1.37. The molecule has 7 heteroatoms. The molecule has 3 nitrogen and oxygen atoms in total. The van der Waals surface area contributed by atoms with Gasteiger partial charge in [-0.2, -0.15) is 0 Å². The van der Waals surface area contributed by atoms with Gasteiger partial charge in [-0.15, -0.1) is 11.7 Å². The standard InChI is InChI=1S/C3H8O3S3.Na/c4-9(5)6-2-1-3-8-7;/h7H,1-3H2,(H,4,5);/q;+1/p-1. The summed E-state index contributed by atoms with van der Waals surface area (Å²) in [5.41, 5.74) is 0. The Labute approximate surface area is 94.3 Å². The Bertz CT molecular complexity index is 91.1. The van der Waals surface area contributed by atoms with Gasteiger partial charge in [0.2, 0.25) is 0 Å². The van der Waals surface area contributed by atoms with Gasteiger partial charge in [-0.3, -0.25) is 0 Å². The molecule has 0 aliphatic rings. The Balaban J connectivity index is 0. The van der Waals surface area contributed by atoms with Gasteiger partial charge in [0.25, 0.3) is 0 Å². The Morgan fingerprint density at radius 2 is 2.30 bits per heavy atom. The maximum atomic E-state index is 9.71. The van der Waals surface area contributed by atoms with E-state index in [0.717, 1.165) is 5.75 Å². The molecule has 0 saturated heterocycles. The minimum Gasteiger partial charge on any atom is -0.750 e. The molecule has 0 bridgehead atoms. The Kier molecular flexibility index (Phi) is 15.4. The summed E-state index contributed by atoms with van der Waals surface area (Å²) in [6.07, 6.45) is 0.710. The molecule has 0 fully saturated rings. The van der Waals surface area contributed by atoms with Gasteiger partial charge in [0.1, 0.15) is 0 Å². The smallest absolute Gasteiger partial charge is 0.750 e. The zero-order valence-electron chi connectivity index (χ0n) is 5.61. The Morgan fingerprint density at radius 1 is 1.70 bits per heavy atom. The van der Waals surface area contributed by atoms with E-state index in [1.54, 1.807) is 0 Å². The fourth-order valence-corrected chi connectivity index (χ4v) is 1.14. The molecule has 10 heavy (non-hydrogen) atoms. The van der Waals surface area contributed by atoms with Gasteiger partial charge in [-0.1, -0.05) is 10.8 Å². The number of rotatable bonds is 5. The average Bonchev–Trinajstić information content (AvgIpc) is 1.80. The quantitative estimate of drug-likeness (QED) is 0.183. The first-order valence-electron chi connectivity index (χ1n) is 2.26. The van der Waals surface area contributed by atoms with Gasteiger partial charge in [-0.05, 0) is 6.42 Å². The van der Waals surface area contributed by atoms with Crippen molar-refractivity contribution in [2.45, 2.75) is 6.42 Å². The van der Waals surface area contributed by atoms with Crippen molar-refractivity contribution in [2.75, 3.05) is 12.4 Å². The molecule has 0 aliphatic heterocycles. The molecule has 1 atom stereocenters. The summed E-state index contributed by atoms with van der Waals surface area (Å²) in [5, 5.41) is 0. The molecule has 0 N–H and O–H groups in total. The summed E-state index contributed by atoms with van der Waals surface area (Å²) < 4.78 is 23.6. The van der Waals surface area contributed by atoms with Crippen molar-refractivity contribution in [2.24, 2.45) is 0 Å². The Hall–Kier alpha value is 1.77. The third-order valence-electron chi connectivity index (χ3n) is 0.560. The predicted molar refractivity (Wildman–Crippen MR) is 40.9 cm³/mol. The molecule has 1 unspecified atom stereocenters. The van der Waals surface area contributed by atoms with Gasteiger partial charge in [-0.25, -0.2) is 4.21 Å². The minimum absolute atomic E-state index is 0. The summed E-state index contributed by atoms with van der Waals surface area (Å²) in [5.74, 6) is 0.806. The summed E-state index contributed by atoms with van der Waals surface area (Å²) >= 11 is 1.50. The topological polar surface area (TPSA) is 49.4 Å². The zero-order chi connectivity index (χ0) is 7.11. The van der Waals surface area contributed by atoms with Crippen LogP contribution in [0.4, 0.5) is 0 Å². The Morgan fingerprint density at radius 3 is 2.70 bits per heavy atom. The molecular formula is C3H7NaO3S3. The monoisotopic (exact) mass is 210 g/mol. The number of hydrogen-bond acceptors (Lipinski definition) is 5. The van der Waals surface area contributed by atoms with Crippen molar-refractivity contribution in [1.29, 1.82) is 0 Å². The summed E-state index contributed by atoms with van der Waals surface area (Å²) in [6.45, 7) is 0.254. The van der Waals surface area contributed by atoms with E-state index in [4.69, 9.17) is 0 Å². The molecule has 0 aromatic rings. The van der Waals surface area contributed by atoms with E-state index < -0.39 is 11.4 Å². The fraction of sp³-hybridized carbons (Fsp3) is 1.00.